The Kier molecular flexibility index (Phi) is 4.76. The summed E-state index contributed by atoms with van der Waals surface area (Å²) >= 11 is 0. The van der Waals surface area contributed by atoms with Crippen LogP contribution in [-0.2, 0) is 10.9 Å². The number of fused-ring (bicyclic) bond motifs is 1. The largest absolute Gasteiger partial charge is 0.514 e. The molecule has 2 aromatic heterocycles. The van der Waals surface area contributed by atoms with Crippen LogP contribution in [0.15, 0.2) is 42.7 Å². The summed E-state index contributed by atoms with van der Waals surface area (Å²) in [6.07, 6.45) is -3.34. The summed E-state index contributed by atoms with van der Waals surface area (Å²) in [4.78, 5) is 29.3. The molecule has 0 bridgehead atoms. The average molecular weight is 422 g/mol. The molecule has 1 fully saturated rings. The molecular weight excluding hydrogens is 409 g/mol. The lowest BCUT2D eigenvalue weighted by atomic mass is 9.88. The summed E-state index contributed by atoms with van der Waals surface area (Å²) in [5, 5.41) is 10.6. The molecule has 1 aliphatic carbocycles. The molecule has 0 amide bonds. The Balaban J connectivity index is 1.40. The summed E-state index contributed by atoms with van der Waals surface area (Å²) in [5.74, 6) is -0.976. The van der Waals surface area contributed by atoms with Crippen LogP contribution in [0.4, 0.5) is 23.7 Å². The number of benzene rings is 1. The monoisotopic (exact) mass is 422 g/mol. The van der Waals surface area contributed by atoms with E-state index in [1.165, 1.54) is 42.7 Å². The maximum Gasteiger partial charge on any atom is 0.514 e. The number of ether oxygens (including phenoxy) is 2. The second-order valence-electron chi connectivity index (χ2n) is 6.64. The topological polar surface area (TPSA) is 109 Å². The molecule has 0 atom stereocenters. The number of halogens is 3. The fourth-order valence-electron chi connectivity index (χ4n) is 3.26. The van der Waals surface area contributed by atoms with E-state index in [-0.39, 0.29) is 29.8 Å². The molecule has 9 nitrogen and oxygen atoms in total. The molecule has 2 heterocycles. The van der Waals surface area contributed by atoms with Gasteiger partial charge in [-0.1, -0.05) is 0 Å². The van der Waals surface area contributed by atoms with Gasteiger partial charge in [-0.2, -0.15) is 13.2 Å². The number of nitrogens with zero attached hydrogens (tertiary/aromatic N) is 4. The summed E-state index contributed by atoms with van der Waals surface area (Å²) < 4.78 is 51.3. The van der Waals surface area contributed by atoms with E-state index in [0.29, 0.717) is 5.52 Å². The lowest BCUT2D eigenvalue weighted by Crippen LogP contribution is -2.37. The first-order valence-electron chi connectivity index (χ1n) is 8.74. The minimum absolute atomic E-state index is 0.0499. The smallest absolute Gasteiger partial charge is 0.431 e. The maximum atomic E-state index is 13.4. The molecule has 1 aliphatic rings. The maximum absolute atomic E-state index is 13.4. The number of pyridine rings is 1. The second kappa shape index (κ2) is 7.28. The van der Waals surface area contributed by atoms with Gasteiger partial charge in [0.25, 0.3) is 5.69 Å². The third-order valence-electron chi connectivity index (χ3n) is 4.69. The highest BCUT2D eigenvalue weighted by molar-refractivity contribution is 5.75. The van der Waals surface area contributed by atoms with Crippen molar-refractivity contribution >= 4 is 22.9 Å². The van der Waals surface area contributed by atoms with Crippen LogP contribution in [0.1, 0.15) is 24.7 Å². The highest BCUT2D eigenvalue weighted by Crippen LogP contribution is 2.41. The fourth-order valence-corrected chi connectivity index (χ4v) is 3.26. The van der Waals surface area contributed by atoms with Gasteiger partial charge in [0.1, 0.15) is 17.4 Å². The van der Waals surface area contributed by atoms with E-state index >= 15 is 0 Å². The van der Waals surface area contributed by atoms with Crippen molar-refractivity contribution in [3.05, 3.63) is 58.7 Å². The van der Waals surface area contributed by atoms with Crippen molar-refractivity contribution in [1.82, 2.24) is 14.5 Å². The van der Waals surface area contributed by atoms with E-state index in [1.54, 1.807) is 0 Å². The molecule has 156 valence electrons. The molecule has 1 saturated carbocycles. The number of carbonyl (C=O) groups is 1. The predicted octanol–water partition coefficient (Wildman–Crippen LogP) is 4.28. The average Bonchev–Trinajstić information content (AvgIpc) is 3.04. The number of alkyl halides is 3. The number of aromatic nitrogens is 3. The Morgan fingerprint density at radius 3 is 2.53 bits per heavy atom. The molecule has 0 unspecified atom stereocenters. The summed E-state index contributed by atoms with van der Waals surface area (Å²) in [7, 11) is 0. The summed E-state index contributed by atoms with van der Waals surface area (Å²) in [5.41, 5.74) is 0.266. The van der Waals surface area contributed by atoms with Crippen LogP contribution in [0, 0.1) is 10.1 Å². The van der Waals surface area contributed by atoms with Crippen LogP contribution < -0.4 is 4.74 Å². The molecule has 0 saturated heterocycles. The number of nitro benzene ring substituents is 1. The molecule has 12 heteroatoms. The van der Waals surface area contributed by atoms with Crippen LogP contribution in [0.3, 0.4) is 0 Å². The first-order valence-corrected chi connectivity index (χ1v) is 8.74. The standard InChI is InChI=1S/C18H13F3N4O5/c19-18(20,21)16-23-14-9-22-6-5-15(14)24(16)11-7-13(8-11)30-17(26)29-12-3-1-10(2-4-12)25(27)28/h1-6,9,11,13H,7-8H2. The van der Waals surface area contributed by atoms with Gasteiger partial charge >= 0.3 is 12.3 Å². The number of hydrogen-bond acceptors (Lipinski definition) is 7. The zero-order valence-corrected chi connectivity index (χ0v) is 15.1. The lowest BCUT2D eigenvalue weighted by molar-refractivity contribution is -0.384. The second-order valence-corrected chi connectivity index (χ2v) is 6.64. The van der Waals surface area contributed by atoms with Crippen molar-refractivity contribution in [2.75, 3.05) is 0 Å². The number of non-ortho nitro benzene ring substituents is 1. The Labute approximate surface area is 166 Å². The molecule has 0 radical (unpaired) electrons. The van der Waals surface area contributed by atoms with Crippen molar-refractivity contribution in [2.24, 2.45) is 0 Å². The number of imidazole rings is 1. The highest BCUT2D eigenvalue weighted by atomic mass is 19.4. The first kappa shape index (κ1) is 19.6. The minimum Gasteiger partial charge on any atom is -0.431 e. The van der Waals surface area contributed by atoms with E-state index in [2.05, 4.69) is 9.97 Å². The summed E-state index contributed by atoms with van der Waals surface area (Å²) in [6, 6.07) is 5.72. The van der Waals surface area contributed by atoms with Crippen LogP contribution in [0.25, 0.3) is 11.0 Å². The van der Waals surface area contributed by atoms with Gasteiger partial charge in [-0.25, -0.2) is 9.78 Å². The quantitative estimate of drug-likeness (QED) is 0.267. The minimum atomic E-state index is -4.64. The number of rotatable bonds is 4. The molecule has 0 N–H and O–H groups in total. The molecule has 4 rings (SSSR count). The molecule has 30 heavy (non-hydrogen) atoms. The van der Waals surface area contributed by atoms with Crippen LogP contribution >= 0.6 is 0 Å². The molecule has 0 spiro atoms. The van der Waals surface area contributed by atoms with Gasteiger partial charge in [0, 0.05) is 37.2 Å². The first-order chi connectivity index (χ1) is 14.2. The van der Waals surface area contributed by atoms with Crippen molar-refractivity contribution in [3.8, 4) is 5.75 Å². The summed E-state index contributed by atoms with van der Waals surface area (Å²) in [6.45, 7) is 0. The van der Waals surface area contributed by atoms with Gasteiger partial charge in [-0.15, -0.1) is 0 Å². The van der Waals surface area contributed by atoms with Gasteiger partial charge in [-0.05, 0) is 18.2 Å². The van der Waals surface area contributed by atoms with E-state index < -0.39 is 35.2 Å². The van der Waals surface area contributed by atoms with Crippen molar-refractivity contribution < 1.29 is 32.4 Å². The highest BCUT2D eigenvalue weighted by Gasteiger charge is 2.43. The van der Waals surface area contributed by atoms with Gasteiger partial charge in [-0.3, -0.25) is 15.1 Å². The predicted molar refractivity (Wildman–Crippen MR) is 94.8 cm³/mol. The Morgan fingerprint density at radius 2 is 1.90 bits per heavy atom. The zero-order valence-electron chi connectivity index (χ0n) is 15.1. The lowest BCUT2D eigenvalue weighted by Gasteiger charge is -2.36. The van der Waals surface area contributed by atoms with Crippen molar-refractivity contribution in [1.29, 1.82) is 0 Å². The van der Waals surface area contributed by atoms with E-state index in [9.17, 15) is 28.1 Å². The third-order valence-corrected chi connectivity index (χ3v) is 4.69. The molecule has 3 aromatic rings. The number of hydrogen-bond donors (Lipinski definition) is 0. The SMILES string of the molecule is O=C(Oc1ccc([N+](=O)[O-])cc1)OC1CC(n2c(C(F)(F)F)nc3cnccc32)C1. The van der Waals surface area contributed by atoms with Crippen molar-refractivity contribution in [3.63, 3.8) is 0 Å². The Bertz CT molecular complexity index is 1110. The van der Waals surface area contributed by atoms with Crippen molar-refractivity contribution in [2.45, 2.75) is 31.2 Å². The third kappa shape index (κ3) is 3.75. The zero-order chi connectivity index (χ0) is 21.5. The number of carbonyl (C=O) groups excluding carboxylic acids is 1. The van der Waals surface area contributed by atoms with Gasteiger partial charge in [0.15, 0.2) is 0 Å². The molecule has 0 aliphatic heterocycles. The van der Waals surface area contributed by atoms with E-state index in [1.807, 2.05) is 0 Å². The van der Waals surface area contributed by atoms with E-state index in [4.69, 9.17) is 9.47 Å². The van der Waals surface area contributed by atoms with Gasteiger partial charge in [0.05, 0.1) is 16.6 Å². The van der Waals surface area contributed by atoms with Crippen LogP contribution in [-0.4, -0.2) is 31.7 Å². The van der Waals surface area contributed by atoms with Crippen LogP contribution in [0.5, 0.6) is 5.75 Å². The molecule has 1 aromatic carbocycles. The normalized spacial score (nSPS) is 18.6. The Hall–Kier alpha value is -3.70. The van der Waals surface area contributed by atoms with E-state index in [0.717, 1.165) is 4.57 Å². The van der Waals surface area contributed by atoms with Gasteiger partial charge in [0.2, 0.25) is 5.82 Å². The fraction of sp³-hybridized carbons (Fsp3) is 0.278. The van der Waals surface area contributed by atoms with Crippen LogP contribution in [0.2, 0.25) is 0 Å². The van der Waals surface area contributed by atoms with Gasteiger partial charge < -0.3 is 14.0 Å². The Morgan fingerprint density at radius 1 is 1.20 bits per heavy atom. The number of nitro groups is 1. The molecular formula is C18H13F3N4O5.